The van der Waals surface area contributed by atoms with E-state index in [-0.39, 0.29) is 0 Å². The predicted octanol–water partition coefficient (Wildman–Crippen LogP) is 6.43. The van der Waals surface area contributed by atoms with Gasteiger partial charge in [-0.3, -0.25) is 0 Å². The zero-order chi connectivity index (χ0) is 15.2. The average Bonchev–Trinajstić information content (AvgIpc) is 2.91. The highest BCUT2D eigenvalue weighted by Gasteiger charge is 2.22. The quantitative estimate of drug-likeness (QED) is 0.546. The van der Waals surface area contributed by atoms with Gasteiger partial charge in [-0.05, 0) is 49.8 Å². The SMILES string of the molecule is CCCCCCc1oc(Sc2ccccc2)c2c1CCCC2. The fourth-order valence-electron chi connectivity index (χ4n) is 3.27. The third-order valence-corrected chi connectivity index (χ3v) is 5.50. The number of benzene rings is 1. The lowest BCUT2D eigenvalue weighted by molar-refractivity contribution is 0.419. The molecule has 0 spiro atoms. The van der Waals surface area contributed by atoms with Gasteiger partial charge in [0, 0.05) is 16.9 Å². The van der Waals surface area contributed by atoms with Crippen LogP contribution in [0.5, 0.6) is 0 Å². The Morgan fingerprint density at radius 1 is 0.955 bits per heavy atom. The van der Waals surface area contributed by atoms with Gasteiger partial charge >= 0.3 is 0 Å². The van der Waals surface area contributed by atoms with Crippen molar-refractivity contribution >= 4 is 11.8 Å². The lowest BCUT2D eigenvalue weighted by atomic mass is 9.92. The maximum Gasteiger partial charge on any atom is 0.168 e. The van der Waals surface area contributed by atoms with Crippen molar-refractivity contribution in [1.29, 1.82) is 0 Å². The molecule has 0 saturated heterocycles. The fraction of sp³-hybridized carbons (Fsp3) is 0.500. The van der Waals surface area contributed by atoms with Gasteiger partial charge in [-0.15, -0.1) is 0 Å². The Bertz CT molecular complexity index is 585. The van der Waals surface area contributed by atoms with Crippen LogP contribution in [0, 0.1) is 0 Å². The zero-order valence-electron chi connectivity index (χ0n) is 13.6. The second-order valence-electron chi connectivity index (χ2n) is 6.20. The predicted molar refractivity (Wildman–Crippen MR) is 93.8 cm³/mol. The Labute approximate surface area is 138 Å². The van der Waals surface area contributed by atoms with E-state index in [0.717, 1.165) is 11.5 Å². The van der Waals surface area contributed by atoms with Gasteiger partial charge in [-0.25, -0.2) is 0 Å². The number of rotatable bonds is 7. The zero-order valence-corrected chi connectivity index (χ0v) is 14.4. The maximum absolute atomic E-state index is 6.31. The highest BCUT2D eigenvalue weighted by Crippen LogP contribution is 2.39. The molecular weight excluding hydrogens is 288 g/mol. The van der Waals surface area contributed by atoms with Crippen molar-refractivity contribution in [2.24, 2.45) is 0 Å². The van der Waals surface area contributed by atoms with E-state index in [2.05, 4.69) is 37.3 Å². The fourth-order valence-corrected chi connectivity index (χ4v) is 4.26. The third kappa shape index (κ3) is 3.78. The lowest BCUT2D eigenvalue weighted by Gasteiger charge is -2.12. The second kappa shape index (κ2) is 7.92. The maximum atomic E-state index is 6.31. The minimum absolute atomic E-state index is 1.12. The van der Waals surface area contributed by atoms with Gasteiger partial charge < -0.3 is 4.42 Å². The van der Waals surface area contributed by atoms with Crippen molar-refractivity contribution in [1.82, 2.24) is 0 Å². The molecule has 1 aromatic heterocycles. The first-order valence-corrected chi connectivity index (χ1v) is 9.56. The van der Waals surface area contributed by atoms with E-state index >= 15 is 0 Å². The first-order chi connectivity index (χ1) is 10.9. The van der Waals surface area contributed by atoms with Crippen LogP contribution in [0.2, 0.25) is 0 Å². The number of aryl methyl sites for hydroxylation is 1. The molecule has 1 aliphatic rings. The van der Waals surface area contributed by atoms with Crippen LogP contribution in [-0.2, 0) is 19.3 Å². The summed E-state index contributed by atoms with van der Waals surface area (Å²) in [6.45, 7) is 2.27. The van der Waals surface area contributed by atoms with Crippen molar-refractivity contribution in [3.05, 3.63) is 47.2 Å². The molecule has 1 aliphatic carbocycles. The number of furan rings is 1. The summed E-state index contributed by atoms with van der Waals surface area (Å²) in [5.74, 6) is 1.28. The van der Waals surface area contributed by atoms with Crippen molar-refractivity contribution in [3.8, 4) is 0 Å². The Kier molecular flexibility index (Phi) is 5.66. The second-order valence-corrected chi connectivity index (χ2v) is 7.25. The van der Waals surface area contributed by atoms with Gasteiger partial charge in [0.15, 0.2) is 5.09 Å². The highest BCUT2D eigenvalue weighted by molar-refractivity contribution is 7.99. The molecule has 3 rings (SSSR count). The van der Waals surface area contributed by atoms with Crippen molar-refractivity contribution in [2.45, 2.75) is 74.7 Å². The van der Waals surface area contributed by atoms with Crippen LogP contribution in [0.4, 0.5) is 0 Å². The summed E-state index contributed by atoms with van der Waals surface area (Å²) in [7, 11) is 0. The van der Waals surface area contributed by atoms with E-state index in [9.17, 15) is 0 Å². The molecule has 2 heteroatoms. The van der Waals surface area contributed by atoms with E-state index < -0.39 is 0 Å². The van der Waals surface area contributed by atoms with Gasteiger partial charge in [-0.2, -0.15) is 0 Å². The van der Waals surface area contributed by atoms with Crippen LogP contribution >= 0.6 is 11.8 Å². The van der Waals surface area contributed by atoms with Gasteiger partial charge in [0.05, 0.1) is 0 Å². The Morgan fingerprint density at radius 3 is 2.50 bits per heavy atom. The molecule has 2 aromatic rings. The summed E-state index contributed by atoms with van der Waals surface area (Å²) in [5.41, 5.74) is 3.05. The van der Waals surface area contributed by atoms with Gasteiger partial charge in [-0.1, -0.05) is 56.1 Å². The number of hydrogen-bond acceptors (Lipinski definition) is 2. The summed E-state index contributed by atoms with van der Waals surface area (Å²) in [6.07, 6.45) is 11.4. The van der Waals surface area contributed by atoms with Crippen LogP contribution in [0.3, 0.4) is 0 Å². The molecule has 1 nitrogen and oxygen atoms in total. The molecule has 118 valence electrons. The molecule has 0 unspecified atom stereocenters. The van der Waals surface area contributed by atoms with Gasteiger partial charge in [0.1, 0.15) is 5.76 Å². The largest absolute Gasteiger partial charge is 0.454 e. The van der Waals surface area contributed by atoms with Crippen LogP contribution < -0.4 is 0 Å². The topological polar surface area (TPSA) is 13.1 Å². The minimum atomic E-state index is 1.12. The van der Waals surface area contributed by atoms with Crippen molar-refractivity contribution in [3.63, 3.8) is 0 Å². The number of unbranched alkanes of at least 4 members (excludes halogenated alkanes) is 3. The molecule has 0 amide bonds. The molecule has 1 aromatic carbocycles. The first-order valence-electron chi connectivity index (χ1n) is 8.74. The Hall–Kier alpha value is -1.15. The average molecular weight is 314 g/mol. The molecule has 22 heavy (non-hydrogen) atoms. The van der Waals surface area contributed by atoms with E-state index in [0.29, 0.717) is 0 Å². The van der Waals surface area contributed by atoms with E-state index in [1.54, 1.807) is 17.3 Å². The lowest BCUT2D eigenvalue weighted by Crippen LogP contribution is -2.02. The summed E-state index contributed by atoms with van der Waals surface area (Å²) < 4.78 is 6.31. The summed E-state index contributed by atoms with van der Waals surface area (Å²) in [6, 6.07) is 10.6. The van der Waals surface area contributed by atoms with Crippen LogP contribution in [0.25, 0.3) is 0 Å². The molecule has 0 fully saturated rings. The Balaban J connectivity index is 1.76. The number of fused-ring (bicyclic) bond motifs is 1. The smallest absolute Gasteiger partial charge is 0.168 e. The standard InChI is InChI=1S/C20H26OS/c1-2-3-4-8-15-19-17-13-9-10-14-18(17)20(21-19)22-16-11-6-5-7-12-16/h5-7,11-12H,2-4,8-10,13-15H2,1H3. The normalized spacial score (nSPS) is 14.0. The van der Waals surface area contributed by atoms with Gasteiger partial charge in [0.2, 0.25) is 0 Å². The minimum Gasteiger partial charge on any atom is -0.454 e. The monoisotopic (exact) mass is 314 g/mol. The molecule has 0 bridgehead atoms. The first kappa shape index (κ1) is 15.7. The van der Waals surface area contributed by atoms with Crippen LogP contribution in [0.1, 0.15) is 62.3 Å². The molecule has 0 atom stereocenters. The molecule has 0 saturated carbocycles. The molecule has 1 heterocycles. The number of hydrogen-bond donors (Lipinski definition) is 0. The summed E-state index contributed by atoms with van der Waals surface area (Å²) in [4.78, 5) is 1.28. The highest BCUT2D eigenvalue weighted by atomic mass is 32.2. The van der Waals surface area contributed by atoms with Crippen LogP contribution in [0.15, 0.2) is 44.7 Å². The summed E-state index contributed by atoms with van der Waals surface area (Å²) >= 11 is 1.80. The van der Waals surface area contributed by atoms with Crippen molar-refractivity contribution < 1.29 is 4.42 Å². The Morgan fingerprint density at radius 2 is 1.73 bits per heavy atom. The molecular formula is C20H26OS. The van der Waals surface area contributed by atoms with Gasteiger partial charge in [0.25, 0.3) is 0 Å². The molecule has 0 radical (unpaired) electrons. The molecule has 0 aliphatic heterocycles. The molecule has 0 N–H and O–H groups in total. The van der Waals surface area contributed by atoms with Crippen molar-refractivity contribution in [2.75, 3.05) is 0 Å². The van der Waals surface area contributed by atoms with E-state index in [1.807, 2.05) is 0 Å². The third-order valence-electron chi connectivity index (χ3n) is 4.48. The van der Waals surface area contributed by atoms with E-state index in [1.165, 1.54) is 67.6 Å². The van der Waals surface area contributed by atoms with E-state index in [4.69, 9.17) is 4.42 Å². The summed E-state index contributed by atoms with van der Waals surface area (Å²) in [5, 5.41) is 1.16. The van der Waals surface area contributed by atoms with Crippen LogP contribution in [-0.4, -0.2) is 0 Å².